The van der Waals surface area contributed by atoms with E-state index >= 15 is 0 Å². The van der Waals surface area contributed by atoms with E-state index in [0.717, 1.165) is 0 Å². The Morgan fingerprint density at radius 3 is 0.955 bits per heavy atom. The summed E-state index contributed by atoms with van der Waals surface area (Å²) in [4.78, 5) is 3.25. The maximum atomic E-state index is 3.25. The van der Waals surface area contributed by atoms with E-state index in [0.29, 0.717) is 0 Å². The summed E-state index contributed by atoms with van der Waals surface area (Å²) in [5.74, 6) is 0. The summed E-state index contributed by atoms with van der Waals surface area (Å²) in [6.45, 7) is 17.4. The molecule has 0 atom stereocenters. The van der Waals surface area contributed by atoms with Crippen molar-refractivity contribution in [3.63, 3.8) is 0 Å². The van der Waals surface area contributed by atoms with Gasteiger partial charge >= 0.3 is 24.8 Å². The van der Waals surface area contributed by atoms with Crippen molar-refractivity contribution >= 4 is 4.82 Å². The van der Waals surface area contributed by atoms with E-state index in [2.05, 4.69) is 72.3 Å². The summed E-state index contributed by atoms with van der Waals surface area (Å²) in [6.07, 6.45) is 0. The molecule has 0 unspecified atom stereocenters. The van der Waals surface area contributed by atoms with Crippen LogP contribution >= 0.6 is 0 Å². The molecule has 0 aromatic heterocycles. The number of rotatable bonds is 0. The summed E-state index contributed by atoms with van der Waals surface area (Å²) in [5, 5.41) is 0. The molecule has 0 bridgehead atoms. The van der Waals surface area contributed by atoms with Gasteiger partial charge in [-0.3, -0.25) is 0 Å². The molecule has 0 aliphatic carbocycles. The van der Waals surface area contributed by atoms with Crippen LogP contribution in [-0.2, 0) is 20.0 Å². The van der Waals surface area contributed by atoms with Gasteiger partial charge in [0.25, 0.3) is 0 Å². The molecule has 0 N–H and O–H groups in total. The molecule has 22 heavy (non-hydrogen) atoms. The quantitative estimate of drug-likeness (QED) is 0.420. The van der Waals surface area contributed by atoms with Gasteiger partial charge in [0.15, 0.2) is 0 Å². The van der Waals surface area contributed by atoms with Gasteiger partial charge in [0.1, 0.15) is 0 Å². The average molecular weight is 375 g/mol. The number of halogens is 2. The third-order valence-corrected chi connectivity index (χ3v) is 4.36. The smallest absolute Gasteiger partial charge is 1.00 e. The SMILES string of the molecule is Cc1c[c-](C)c(C)c1C.Cc1c[c-](C)c(C)c1C.[CH2]=[Ti+2].[Cl-].[Cl-]. The third-order valence-electron chi connectivity index (χ3n) is 4.36. The van der Waals surface area contributed by atoms with Gasteiger partial charge in [-0.05, 0) is 0 Å². The second kappa shape index (κ2) is 12.3. The number of hydrogen-bond acceptors (Lipinski definition) is 0. The normalized spacial score (nSPS) is 8.64. The Morgan fingerprint density at radius 1 is 0.682 bits per heavy atom. The number of aryl methyl sites for hydroxylation is 4. The standard InChI is InChI=1S/2C9H13.CH2.2ClH.Ti/c2*1-6-5-7(2)9(4)8(6)3;;;;/h2*5H,1-4H3;1H2;2*1H;/q2*-1;;;;+2/p-2. The molecule has 0 heterocycles. The molecule has 2 aromatic rings. The van der Waals surface area contributed by atoms with Crippen molar-refractivity contribution in [2.45, 2.75) is 55.4 Å². The maximum absolute atomic E-state index is 3.25. The van der Waals surface area contributed by atoms with Crippen LogP contribution in [-0.4, -0.2) is 4.82 Å². The fourth-order valence-corrected chi connectivity index (χ4v) is 2.27. The van der Waals surface area contributed by atoms with Crippen molar-refractivity contribution < 1.29 is 44.8 Å². The Morgan fingerprint density at radius 2 is 0.909 bits per heavy atom. The van der Waals surface area contributed by atoms with Gasteiger partial charge < -0.3 is 24.8 Å². The van der Waals surface area contributed by atoms with Crippen LogP contribution in [0.15, 0.2) is 12.1 Å². The van der Waals surface area contributed by atoms with Crippen LogP contribution in [0.5, 0.6) is 0 Å². The predicted octanol–water partition coefficient (Wildman–Crippen LogP) is -0.748. The molecule has 3 heteroatoms. The molecule has 0 aliphatic rings. The Labute approximate surface area is 161 Å². The molecule has 2 aromatic carbocycles. The first-order valence-electron chi connectivity index (χ1n) is 7.01. The van der Waals surface area contributed by atoms with Gasteiger partial charge in [-0.1, -0.05) is 55.4 Å². The fourth-order valence-electron chi connectivity index (χ4n) is 2.27. The summed E-state index contributed by atoms with van der Waals surface area (Å²) in [5.41, 5.74) is 11.5. The predicted molar refractivity (Wildman–Crippen MR) is 89.1 cm³/mol. The Bertz CT molecular complexity index is 467. The summed E-state index contributed by atoms with van der Waals surface area (Å²) in [6, 6.07) is 4.48. The van der Waals surface area contributed by atoms with Crippen molar-refractivity contribution in [1.29, 1.82) is 0 Å². The second-order valence-electron chi connectivity index (χ2n) is 5.52. The van der Waals surface area contributed by atoms with Gasteiger partial charge in [-0.2, -0.15) is 56.6 Å². The minimum Gasteiger partial charge on any atom is -1.00 e. The van der Waals surface area contributed by atoms with E-state index in [4.69, 9.17) is 0 Å². The Balaban J connectivity index is -0.000000273. The van der Waals surface area contributed by atoms with Gasteiger partial charge in [0.05, 0.1) is 0 Å². The molecule has 0 spiro atoms. The van der Waals surface area contributed by atoms with E-state index < -0.39 is 0 Å². The van der Waals surface area contributed by atoms with E-state index in [1.54, 1.807) is 20.0 Å². The van der Waals surface area contributed by atoms with Crippen molar-refractivity contribution in [2.24, 2.45) is 0 Å². The monoisotopic (exact) mass is 374 g/mol. The molecule has 0 saturated carbocycles. The molecular formula is C19H28Cl2Ti-2. The van der Waals surface area contributed by atoms with Crippen molar-refractivity contribution in [3.05, 3.63) is 56.6 Å². The van der Waals surface area contributed by atoms with Gasteiger partial charge in [0.2, 0.25) is 0 Å². The zero-order valence-corrected chi connectivity index (χ0v) is 18.2. The third kappa shape index (κ3) is 6.96. The Hall–Kier alpha value is -0.136. The maximum Gasteiger partial charge on any atom is -1.00 e. The zero-order chi connectivity index (χ0) is 16.0. The van der Waals surface area contributed by atoms with Crippen LogP contribution in [0, 0.1) is 55.4 Å². The second-order valence-corrected chi connectivity index (χ2v) is 5.52. The minimum absolute atomic E-state index is 0. The minimum atomic E-state index is 0. The molecule has 0 amide bonds. The molecule has 0 aliphatic heterocycles. The van der Waals surface area contributed by atoms with E-state index in [1.165, 1.54) is 44.5 Å². The average Bonchev–Trinajstić information content (AvgIpc) is 2.78. The molecule has 2 rings (SSSR count). The molecule has 0 saturated heterocycles. The fraction of sp³-hybridized carbons (Fsp3) is 0.421. The van der Waals surface area contributed by atoms with Crippen LogP contribution in [0.4, 0.5) is 0 Å². The number of hydrogen-bond donors (Lipinski definition) is 0. The first-order valence-corrected chi connectivity index (χ1v) is 8.11. The summed E-state index contributed by atoms with van der Waals surface area (Å²) >= 11 is 1.75. The molecular weight excluding hydrogens is 347 g/mol. The molecule has 124 valence electrons. The van der Waals surface area contributed by atoms with Crippen LogP contribution in [0.25, 0.3) is 0 Å². The summed E-state index contributed by atoms with van der Waals surface area (Å²) < 4.78 is 0. The largest absolute Gasteiger partial charge is 1.00 e. The van der Waals surface area contributed by atoms with Crippen LogP contribution in [0.1, 0.15) is 44.5 Å². The van der Waals surface area contributed by atoms with Crippen LogP contribution in [0.2, 0.25) is 0 Å². The van der Waals surface area contributed by atoms with Crippen molar-refractivity contribution in [1.82, 2.24) is 0 Å². The van der Waals surface area contributed by atoms with Gasteiger partial charge in [0, 0.05) is 0 Å². The Kier molecular flexibility index (Phi) is 15.0. The molecule has 0 nitrogen and oxygen atoms in total. The zero-order valence-electron chi connectivity index (χ0n) is 15.1. The van der Waals surface area contributed by atoms with E-state index in [1.807, 2.05) is 0 Å². The van der Waals surface area contributed by atoms with Crippen molar-refractivity contribution in [2.75, 3.05) is 0 Å². The van der Waals surface area contributed by atoms with Gasteiger partial charge in [-0.25, -0.2) is 0 Å². The first-order chi connectivity index (χ1) is 9.25. The van der Waals surface area contributed by atoms with Gasteiger partial charge in [-0.15, -0.1) is 0 Å². The van der Waals surface area contributed by atoms with Crippen LogP contribution in [0.3, 0.4) is 0 Å². The van der Waals surface area contributed by atoms with E-state index in [-0.39, 0.29) is 24.8 Å². The topological polar surface area (TPSA) is 0 Å². The first kappa shape index (κ1) is 26.7. The van der Waals surface area contributed by atoms with E-state index in [9.17, 15) is 0 Å². The van der Waals surface area contributed by atoms with Crippen molar-refractivity contribution in [3.8, 4) is 0 Å². The van der Waals surface area contributed by atoms with Crippen LogP contribution < -0.4 is 24.8 Å². The molecule has 0 radical (unpaired) electrons. The summed E-state index contributed by atoms with van der Waals surface area (Å²) in [7, 11) is 0. The molecule has 0 fully saturated rings.